The maximum atomic E-state index is 12.1. The van der Waals surface area contributed by atoms with Crippen LogP contribution < -0.4 is 15.4 Å². The Morgan fingerprint density at radius 1 is 1.29 bits per heavy atom. The number of carboxylic acids is 1. The van der Waals surface area contributed by atoms with Crippen molar-refractivity contribution in [3.8, 4) is 5.75 Å². The van der Waals surface area contributed by atoms with E-state index in [1.165, 1.54) is 12.8 Å². The highest BCUT2D eigenvalue weighted by atomic mass is 16.5. The fourth-order valence-electron chi connectivity index (χ4n) is 2.80. The summed E-state index contributed by atoms with van der Waals surface area (Å²) in [4.78, 5) is 22.8. The smallest absolute Gasteiger partial charge is 0.319 e. The SMILES string of the molecule is CC(C)(CCC(=O)O)NC(=O)Nc1cccc(OC2CCCC2)c1. The Bertz CT molecular complexity index is 580. The molecule has 2 rings (SSSR count). The molecule has 2 amide bonds. The number of hydrogen-bond donors (Lipinski definition) is 3. The molecule has 0 aliphatic heterocycles. The Morgan fingerprint density at radius 2 is 2.00 bits per heavy atom. The molecule has 0 radical (unpaired) electrons. The van der Waals surface area contributed by atoms with Gasteiger partial charge in [0.25, 0.3) is 0 Å². The molecule has 0 atom stereocenters. The standard InChI is InChI=1S/C18H26N2O4/c1-18(2,11-10-16(21)22)20-17(23)19-13-6-5-9-15(12-13)24-14-7-3-4-8-14/h5-6,9,12,14H,3-4,7-8,10-11H2,1-2H3,(H,21,22)(H2,19,20,23). The van der Waals surface area contributed by atoms with E-state index in [1.807, 2.05) is 18.2 Å². The molecule has 1 aromatic carbocycles. The van der Waals surface area contributed by atoms with E-state index in [0.29, 0.717) is 12.1 Å². The lowest BCUT2D eigenvalue weighted by atomic mass is 9.99. The highest BCUT2D eigenvalue weighted by Gasteiger charge is 2.22. The van der Waals surface area contributed by atoms with Crippen molar-refractivity contribution in [1.29, 1.82) is 0 Å². The van der Waals surface area contributed by atoms with E-state index >= 15 is 0 Å². The summed E-state index contributed by atoms with van der Waals surface area (Å²) < 4.78 is 5.93. The third kappa shape index (κ3) is 6.10. The predicted molar refractivity (Wildman–Crippen MR) is 92.4 cm³/mol. The number of ether oxygens (including phenoxy) is 1. The molecule has 3 N–H and O–H groups in total. The number of rotatable bonds is 7. The van der Waals surface area contributed by atoms with Crippen LogP contribution in [0.4, 0.5) is 10.5 Å². The molecule has 0 heterocycles. The van der Waals surface area contributed by atoms with E-state index in [2.05, 4.69) is 10.6 Å². The van der Waals surface area contributed by atoms with Crippen LogP contribution in [0, 0.1) is 0 Å². The molecule has 1 saturated carbocycles. The van der Waals surface area contributed by atoms with Crippen molar-refractivity contribution in [2.24, 2.45) is 0 Å². The molecular weight excluding hydrogens is 308 g/mol. The molecule has 0 unspecified atom stereocenters. The average molecular weight is 334 g/mol. The number of benzene rings is 1. The Morgan fingerprint density at radius 3 is 2.67 bits per heavy atom. The third-order valence-electron chi connectivity index (χ3n) is 4.11. The van der Waals surface area contributed by atoms with Gasteiger partial charge in [-0.3, -0.25) is 4.79 Å². The number of amides is 2. The molecule has 1 aliphatic carbocycles. The van der Waals surface area contributed by atoms with Gasteiger partial charge in [-0.1, -0.05) is 6.07 Å². The van der Waals surface area contributed by atoms with Gasteiger partial charge in [-0.05, 0) is 58.1 Å². The largest absolute Gasteiger partial charge is 0.490 e. The zero-order valence-corrected chi connectivity index (χ0v) is 14.3. The third-order valence-corrected chi connectivity index (χ3v) is 4.11. The fourth-order valence-corrected chi connectivity index (χ4v) is 2.80. The molecule has 0 spiro atoms. The first-order chi connectivity index (χ1) is 11.3. The molecule has 1 aromatic rings. The van der Waals surface area contributed by atoms with Crippen molar-refractivity contribution in [3.63, 3.8) is 0 Å². The number of aliphatic carboxylic acids is 1. The van der Waals surface area contributed by atoms with Crippen LogP contribution >= 0.6 is 0 Å². The van der Waals surface area contributed by atoms with Gasteiger partial charge >= 0.3 is 12.0 Å². The Labute approximate surface area is 142 Å². The Hall–Kier alpha value is -2.24. The van der Waals surface area contributed by atoms with Gasteiger partial charge in [0.2, 0.25) is 0 Å². The minimum atomic E-state index is -0.873. The van der Waals surface area contributed by atoms with Crippen molar-refractivity contribution in [2.75, 3.05) is 5.32 Å². The summed E-state index contributed by atoms with van der Waals surface area (Å²) in [6, 6.07) is 6.98. The molecule has 0 aromatic heterocycles. The first-order valence-corrected chi connectivity index (χ1v) is 8.42. The first-order valence-electron chi connectivity index (χ1n) is 8.42. The molecule has 1 aliphatic rings. The normalized spacial score (nSPS) is 15.1. The highest BCUT2D eigenvalue weighted by Crippen LogP contribution is 2.25. The molecule has 6 nitrogen and oxygen atoms in total. The summed E-state index contributed by atoms with van der Waals surface area (Å²) in [6.45, 7) is 3.60. The lowest BCUT2D eigenvalue weighted by Gasteiger charge is -2.25. The van der Waals surface area contributed by atoms with Gasteiger partial charge in [0.1, 0.15) is 5.75 Å². The van der Waals surface area contributed by atoms with Crippen LogP contribution in [0.2, 0.25) is 0 Å². The van der Waals surface area contributed by atoms with Crippen molar-refractivity contribution in [1.82, 2.24) is 5.32 Å². The van der Waals surface area contributed by atoms with Crippen LogP contribution in [-0.2, 0) is 4.79 Å². The minimum absolute atomic E-state index is 0.0119. The van der Waals surface area contributed by atoms with E-state index in [-0.39, 0.29) is 18.6 Å². The van der Waals surface area contributed by atoms with Crippen molar-refractivity contribution in [3.05, 3.63) is 24.3 Å². The summed E-state index contributed by atoms with van der Waals surface area (Å²) in [5.41, 5.74) is 0.0532. The van der Waals surface area contributed by atoms with Crippen molar-refractivity contribution < 1.29 is 19.4 Å². The minimum Gasteiger partial charge on any atom is -0.490 e. The summed E-state index contributed by atoms with van der Waals surface area (Å²) >= 11 is 0. The number of hydrogen-bond acceptors (Lipinski definition) is 3. The van der Waals surface area contributed by atoms with Crippen molar-refractivity contribution in [2.45, 2.75) is 64.0 Å². The number of nitrogens with one attached hydrogen (secondary N) is 2. The lowest BCUT2D eigenvalue weighted by molar-refractivity contribution is -0.137. The van der Waals surface area contributed by atoms with E-state index in [1.54, 1.807) is 19.9 Å². The molecule has 0 bridgehead atoms. The summed E-state index contributed by atoms with van der Waals surface area (Å²) in [5.74, 6) is -0.119. The van der Waals surface area contributed by atoms with E-state index in [4.69, 9.17) is 9.84 Å². The highest BCUT2D eigenvalue weighted by molar-refractivity contribution is 5.90. The second-order valence-corrected chi connectivity index (χ2v) is 6.91. The molecule has 24 heavy (non-hydrogen) atoms. The van der Waals surface area contributed by atoms with Crippen LogP contribution in [0.5, 0.6) is 5.75 Å². The molecule has 132 valence electrons. The van der Waals surface area contributed by atoms with Gasteiger partial charge in [-0.2, -0.15) is 0 Å². The number of anilines is 1. The Balaban J connectivity index is 1.87. The number of carbonyl (C=O) groups is 2. The first kappa shape index (κ1) is 18.1. The zero-order chi connectivity index (χ0) is 17.6. The molecule has 0 saturated heterocycles. The molecule has 1 fully saturated rings. The van der Waals surface area contributed by atoms with Gasteiger partial charge < -0.3 is 20.5 Å². The summed E-state index contributed by atoms with van der Waals surface area (Å²) in [6.07, 6.45) is 5.21. The monoisotopic (exact) mass is 334 g/mol. The predicted octanol–water partition coefficient (Wildman–Crippen LogP) is 3.77. The number of carboxylic acid groups (broad SMARTS) is 1. The zero-order valence-electron chi connectivity index (χ0n) is 14.3. The van der Waals surface area contributed by atoms with Gasteiger partial charge in [-0.25, -0.2) is 4.79 Å². The maximum absolute atomic E-state index is 12.1. The van der Waals surface area contributed by atoms with E-state index in [9.17, 15) is 9.59 Å². The van der Waals surface area contributed by atoms with Crippen LogP contribution in [-0.4, -0.2) is 28.7 Å². The van der Waals surface area contributed by atoms with E-state index in [0.717, 1.165) is 18.6 Å². The van der Waals surface area contributed by atoms with Gasteiger partial charge in [0.15, 0.2) is 0 Å². The van der Waals surface area contributed by atoms with Crippen LogP contribution in [0.25, 0.3) is 0 Å². The van der Waals surface area contributed by atoms with E-state index < -0.39 is 11.5 Å². The fraction of sp³-hybridized carbons (Fsp3) is 0.556. The summed E-state index contributed by atoms with van der Waals surface area (Å²) in [5, 5.41) is 14.3. The Kier molecular flexibility index (Phi) is 6.06. The van der Waals surface area contributed by atoms with Crippen molar-refractivity contribution >= 4 is 17.7 Å². The van der Waals surface area contributed by atoms with Gasteiger partial charge in [0.05, 0.1) is 6.10 Å². The second-order valence-electron chi connectivity index (χ2n) is 6.91. The topological polar surface area (TPSA) is 87.7 Å². The van der Waals surface area contributed by atoms with Crippen LogP contribution in [0.15, 0.2) is 24.3 Å². The second kappa shape index (κ2) is 8.04. The summed E-state index contributed by atoms with van der Waals surface area (Å²) in [7, 11) is 0. The van der Waals surface area contributed by atoms with Gasteiger partial charge in [0, 0.05) is 23.7 Å². The van der Waals surface area contributed by atoms with Crippen LogP contribution in [0.1, 0.15) is 52.4 Å². The lowest BCUT2D eigenvalue weighted by Crippen LogP contribution is -2.45. The quantitative estimate of drug-likeness (QED) is 0.708. The number of urea groups is 1. The average Bonchev–Trinajstić information content (AvgIpc) is 2.98. The van der Waals surface area contributed by atoms with Gasteiger partial charge in [-0.15, -0.1) is 0 Å². The van der Waals surface area contributed by atoms with Crippen LogP contribution in [0.3, 0.4) is 0 Å². The number of carbonyl (C=O) groups excluding carboxylic acids is 1. The molecule has 6 heteroatoms. The maximum Gasteiger partial charge on any atom is 0.319 e. The molecular formula is C18H26N2O4.